The van der Waals surface area contributed by atoms with Crippen LogP contribution >= 0.6 is 11.6 Å². The molecule has 8 nitrogen and oxygen atoms in total. The molecular formula is C21H30ClFN4O4. The number of amides is 2. The van der Waals surface area contributed by atoms with Crippen molar-refractivity contribution in [3.8, 4) is 0 Å². The average Bonchev–Trinajstić information content (AvgIpc) is 3.28. The van der Waals surface area contributed by atoms with Gasteiger partial charge in [-0.05, 0) is 49.1 Å². The second-order valence-electron chi connectivity index (χ2n) is 8.49. The van der Waals surface area contributed by atoms with Gasteiger partial charge in [-0.25, -0.2) is 19.4 Å². The van der Waals surface area contributed by atoms with E-state index in [2.05, 4.69) is 15.3 Å². The van der Waals surface area contributed by atoms with Gasteiger partial charge in [-0.15, -0.1) is 0 Å². The number of hydrogen-bond acceptors (Lipinski definition) is 6. The second-order valence-corrected chi connectivity index (χ2v) is 8.83. The number of hydroxylamine groups is 2. The molecule has 1 aliphatic heterocycles. The molecule has 1 aromatic heterocycles. The maximum Gasteiger partial charge on any atom is 0.233 e. The summed E-state index contributed by atoms with van der Waals surface area (Å²) in [6.45, 7) is 1.06. The van der Waals surface area contributed by atoms with Gasteiger partial charge >= 0.3 is 0 Å². The van der Waals surface area contributed by atoms with Gasteiger partial charge in [-0.2, -0.15) is 0 Å². The Bertz CT molecular complexity index is 757. The number of halogens is 2. The Kier molecular flexibility index (Phi) is 8.98. The molecular weight excluding hydrogens is 427 g/mol. The van der Waals surface area contributed by atoms with Crippen molar-refractivity contribution in [2.45, 2.75) is 57.9 Å². The Balaban J connectivity index is 1.64. The number of ether oxygens (including phenoxy) is 1. The summed E-state index contributed by atoms with van der Waals surface area (Å²) in [7, 11) is 0. The monoisotopic (exact) mass is 456 g/mol. The summed E-state index contributed by atoms with van der Waals surface area (Å²) >= 11 is 6.01. The molecule has 2 amide bonds. The minimum absolute atomic E-state index is 0.0336. The minimum atomic E-state index is -0.583. The first-order valence-corrected chi connectivity index (χ1v) is 11.3. The van der Waals surface area contributed by atoms with Crippen molar-refractivity contribution in [1.82, 2.24) is 20.3 Å². The molecule has 0 spiro atoms. The van der Waals surface area contributed by atoms with Crippen LogP contribution in [0.25, 0.3) is 0 Å². The summed E-state index contributed by atoms with van der Waals surface area (Å²) in [6, 6.07) is 0. The Morgan fingerprint density at radius 3 is 2.58 bits per heavy atom. The van der Waals surface area contributed by atoms with Crippen LogP contribution in [0.2, 0.25) is 5.28 Å². The Hall–Kier alpha value is -1.84. The van der Waals surface area contributed by atoms with Crippen LogP contribution in [0.4, 0.5) is 4.39 Å². The molecule has 1 saturated heterocycles. The van der Waals surface area contributed by atoms with Crippen LogP contribution in [0.5, 0.6) is 0 Å². The van der Waals surface area contributed by atoms with Crippen LogP contribution in [-0.4, -0.2) is 52.3 Å². The largest absolute Gasteiger partial charge is 0.381 e. The lowest BCUT2D eigenvalue weighted by Crippen LogP contribution is -2.38. The van der Waals surface area contributed by atoms with Crippen LogP contribution in [0.15, 0.2) is 0 Å². The number of carbonyl (C=O) groups excluding carboxylic acids is 2. The first-order valence-electron chi connectivity index (χ1n) is 10.9. The number of nitrogens with zero attached hydrogens (tertiary/aromatic N) is 3. The molecule has 3 rings (SSSR count). The highest BCUT2D eigenvalue weighted by molar-refractivity contribution is 6.28. The smallest absolute Gasteiger partial charge is 0.233 e. The zero-order valence-corrected chi connectivity index (χ0v) is 18.3. The lowest BCUT2D eigenvalue weighted by molar-refractivity contribution is -0.155. The molecule has 10 heteroatoms. The fourth-order valence-corrected chi connectivity index (χ4v) is 4.69. The van der Waals surface area contributed by atoms with E-state index >= 15 is 0 Å². The normalized spacial score (nSPS) is 18.7. The summed E-state index contributed by atoms with van der Waals surface area (Å²) in [5.41, 5.74) is 0.285. The highest BCUT2D eigenvalue weighted by Crippen LogP contribution is 2.30. The maximum absolute atomic E-state index is 15.0. The molecule has 172 valence electrons. The van der Waals surface area contributed by atoms with E-state index in [-0.39, 0.29) is 48.0 Å². The molecule has 0 radical (unpaired) electrons. The molecule has 31 heavy (non-hydrogen) atoms. The molecule has 0 unspecified atom stereocenters. The van der Waals surface area contributed by atoms with Crippen molar-refractivity contribution in [2.75, 3.05) is 19.8 Å². The van der Waals surface area contributed by atoms with Gasteiger partial charge in [0.05, 0.1) is 24.7 Å². The second kappa shape index (κ2) is 11.7. The highest BCUT2D eigenvalue weighted by Gasteiger charge is 2.27. The van der Waals surface area contributed by atoms with Crippen molar-refractivity contribution in [3.63, 3.8) is 0 Å². The van der Waals surface area contributed by atoms with Crippen molar-refractivity contribution < 1.29 is 23.9 Å². The standard InChI is InChI=1S/C21H30ClFN4O4/c22-21-25-17(10-15-5-7-31-8-6-15)19(23)18(26-21)11-24-20(29)16(12-27(30)13-28)9-14-3-1-2-4-14/h13-16,30H,1-12H2,(H,24,29)/t16-/m1/s1. The van der Waals surface area contributed by atoms with E-state index in [0.717, 1.165) is 38.5 Å². The van der Waals surface area contributed by atoms with E-state index in [1.165, 1.54) is 0 Å². The van der Waals surface area contributed by atoms with Crippen molar-refractivity contribution in [3.05, 3.63) is 22.5 Å². The first-order chi connectivity index (χ1) is 15.0. The Labute approximate surface area is 186 Å². The highest BCUT2D eigenvalue weighted by atomic mass is 35.5. The van der Waals surface area contributed by atoms with Crippen LogP contribution in [0, 0.1) is 23.6 Å². The average molecular weight is 457 g/mol. The fourth-order valence-electron chi connectivity index (χ4n) is 4.49. The van der Waals surface area contributed by atoms with E-state index in [1.807, 2.05) is 0 Å². The van der Waals surface area contributed by atoms with E-state index in [0.29, 0.717) is 37.0 Å². The molecule has 1 saturated carbocycles. The molecule has 2 heterocycles. The molecule has 1 aromatic rings. The number of aromatic nitrogens is 2. The first kappa shape index (κ1) is 23.8. The Morgan fingerprint density at radius 1 is 1.23 bits per heavy atom. The molecule has 1 aliphatic carbocycles. The van der Waals surface area contributed by atoms with E-state index in [1.54, 1.807) is 0 Å². The van der Waals surface area contributed by atoms with Crippen molar-refractivity contribution in [2.24, 2.45) is 17.8 Å². The predicted octanol–water partition coefficient (Wildman–Crippen LogP) is 2.90. The third-order valence-electron chi connectivity index (χ3n) is 6.21. The predicted molar refractivity (Wildman–Crippen MR) is 111 cm³/mol. The molecule has 2 fully saturated rings. The van der Waals surface area contributed by atoms with Gasteiger partial charge < -0.3 is 10.1 Å². The van der Waals surface area contributed by atoms with Gasteiger partial charge in [0.1, 0.15) is 5.69 Å². The van der Waals surface area contributed by atoms with Crippen molar-refractivity contribution >= 4 is 23.9 Å². The van der Waals surface area contributed by atoms with Crippen molar-refractivity contribution in [1.29, 1.82) is 0 Å². The number of carbonyl (C=O) groups is 2. The Morgan fingerprint density at radius 2 is 1.90 bits per heavy atom. The summed E-state index contributed by atoms with van der Waals surface area (Å²) in [5.74, 6) is -0.841. The van der Waals surface area contributed by atoms with Crippen LogP contribution in [-0.2, 0) is 27.3 Å². The quantitative estimate of drug-likeness (QED) is 0.243. The van der Waals surface area contributed by atoms with Crippen LogP contribution in [0.1, 0.15) is 56.3 Å². The van der Waals surface area contributed by atoms with Gasteiger partial charge in [0.15, 0.2) is 5.82 Å². The molecule has 1 atom stereocenters. The van der Waals surface area contributed by atoms with Crippen LogP contribution < -0.4 is 5.32 Å². The zero-order valence-electron chi connectivity index (χ0n) is 17.6. The van der Waals surface area contributed by atoms with E-state index < -0.39 is 11.7 Å². The summed E-state index contributed by atoms with van der Waals surface area (Å²) in [6.07, 6.45) is 7.27. The number of hydrogen-bond donors (Lipinski definition) is 2. The lowest BCUT2D eigenvalue weighted by atomic mass is 9.92. The van der Waals surface area contributed by atoms with Gasteiger partial charge in [0, 0.05) is 13.2 Å². The van der Waals surface area contributed by atoms with E-state index in [4.69, 9.17) is 16.3 Å². The van der Waals surface area contributed by atoms with Crippen LogP contribution in [0.3, 0.4) is 0 Å². The van der Waals surface area contributed by atoms with Gasteiger partial charge in [0.2, 0.25) is 17.6 Å². The SMILES string of the molecule is O=CN(O)C[C@@H](CC1CCCC1)C(=O)NCc1nc(Cl)nc(CC2CCOCC2)c1F. The third kappa shape index (κ3) is 7.08. The zero-order chi connectivity index (χ0) is 22.2. The van der Waals surface area contributed by atoms with Gasteiger partial charge in [0.25, 0.3) is 0 Å². The molecule has 2 N–H and O–H groups in total. The van der Waals surface area contributed by atoms with Gasteiger partial charge in [-0.1, -0.05) is 25.7 Å². The van der Waals surface area contributed by atoms with E-state index in [9.17, 15) is 19.2 Å². The molecule has 0 aromatic carbocycles. The summed E-state index contributed by atoms with van der Waals surface area (Å²) in [5, 5.41) is 12.7. The third-order valence-corrected chi connectivity index (χ3v) is 6.38. The number of nitrogens with one attached hydrogen (secondary N) is 1. The lowest BCUT2D eigenvalue weighted by Gasteiger charge is -2.23. The molecule has 0 bridgehead atoms. The fraction of sp³-hybridized carbons (Fsp3) is 0.714. The minimum Gasteiger partial charge on any atom is -0.381 e. The summed E-state index contributed by atoms with van der Waals surface area (Å²) < 4.78 is 20.3. The number of rotatable bonds is 10. The molecule has 2 aliphatic rings. The summed E-state index contributed by atoms with van der Waals surface area (Å²) in [4.78, 5) is 31.6. The topological polar surface area (TPSA) is 105 Å². The maximum atomic E-state index is 15.0. The van der Waals surface area contributed by atoms with Gasteiger partial charge in [-0.3, -0.25) is 14.8 Å².